The van der Waals surface area contributed by atoms with Gasteiger partial charge in [-0.2, -0.15) is 0 Å². The van der Waals surface area contributed by atoms with Crippen LogP contribution in [0, 0.1) is 11.3 Å². The van der Waals surface area contributed by atoms with E-state index >= 15 is 0 Å². The lowest BCUT2D eigenvalue weighted by atomic mass is 9.90. The zero-order valence-corrected chi connectivity index (χ0v) is 15.3. The van der Waals surface area contributed by atoms with Gasteiger partial charge in [0.15, 0.2) is 8.32 Å². The molecule has 2 nitrogen and oxygen atoms in total. The smallest absolute Gasteiger partial charge is 0.192 e. The summed E-state index contributed by atoms with van der Waals surface area (Å²) in [5.41, 5.74) is 1.28. The van der Waals surface area contributed by atoms with Gasteiger partial charge in [-0.15, -0.1) is 0 Å². The van der Waals surface area contributed by atoms with E-state index in [0.29, 0.717) is 6.61 Å². The molecule has 0 aromatic heterocycles. The standard InChI is InChI=1S/C17H32O2Si/c1-16(2,3)20(6,7)19-13-15-9-11-17(4,5)10-8-14(15)12-18/h8-9,11,15,18H,10,12-13H2,1-7H3/t15-/m0/s1. The molecule has 0 saturated heterocycles. The second kappa shape index (κ2) is 6.16. The molecule has 1 aliphatic rings. The van der Waals surface area contributed by atoms with Gasteiger partial charge in [0.1, 0.15) is 0 Å². The SMILES string of the molecule is CC1(C)C=C[C@@H](CO[Si](C)(C)C(C)(C)C)C(CO)=CC1. The number of allylic oxidation sites excluding steroid dienone is 2. The summed E-state index contributed by atoms with van der Waals surface area (Å²) >= 11 is 0. The first kappa shape index (κ1) is 17.7. The van der Waals surface area contributed by atoms with Crippen LogP contribution in [0.25, 0.3) is 0 Å². The molecule has 1 rings (SSSR count). The summed E-state index contributed by atoms with van der Waals surface area (Å²) in [6, 6.07) is 0. The van der Waals surface area contributed by atoms with Gasteiger partial charge in [0, 0.05) is 12.5 Å². The summed E-state index contributed by atoms with van der Waals surface area (Å²) < 4.78 is 6.32. The van der Waals surface area contributed by atoms with Crippen molar-refractivity contribution in [2.75, 3.05) is 13.2 Å². The van der Waals surface area contributed by atoms with Crippen molar-refractivity contribution in [3.63, 3.8) is 0 Å². The number of aliphatic hydroxyl groups excluding tert-OH is 1. The highest BCUT2D eigenvalue weighted by Gasteiger charge is 2.37. The molecule has 20 heavy (non-hydrogen) atoms. The predicted octanol–water partition coefficient (Wildman–Crippen LogP) is 4.53. The largest absolute Gasteiger partial charge is 0.416 e. The summed E-state index contributed by atoms with van der Waals surface area (Å²) in [7, 11) is -1.73. The third kappa shape index (κ3) is 4.57. The second-order valence-electron chi connectivity index (χ2n) is 8.17. The van der Waals surface area contributed by atoms with Crippen molar-refractivity contribution in [3.05, 3.63) is 23.8 Å². The summed E-state index contributed by atoms with van der Waals surface area (Å²) in [5.74, 6) is 0.218. The zero-order valence-electron chi connectivity index (χ0n) is 14.3. The fourth-order valence-electron chi connectivity index (χ4n) is 1.97. The van der Waals surface area contributed by atoms with Gasteiger partial charge >= 0.3 is 0 Å². The van der Waals surface area contributed by atoms with Crippen LogP contribution < -0.4 is 0 Å². The normalized spacial score (nSPS) is 23.4. The molecule has 0 fully saturated rings. The Hall–Kier alpha value is -0.383. The Morgan fingerprint density at radius 1 is 1.35 bits per heavy atom. The molecule has 0 spiro atoms. The lowest BCUT2D eigenvalue weighted by molar-refractivity contribution is 0.248. The van der Waals surface area contributed by atoms with E-state index in [1.807, 2.05) is 0 Å². The molecule has 0 aliphatic heterocycles. The average molecular weight is 297 g/mol. The van der Waals surface area contributed by atoms with E-state index in [1.165, 1.54) is 0 Å². The van der Waals surface area contributed by atoms with E-state index in [4.69, 9.17) is 4.43 Å². The molecule has 1 N–H and O–H groups in total. The fourth-order valence-corrected chi connectivity index (χ4v) is 3.00. The third-order valence-corrected chi connectivity index (χ3v) is 9.26. The second-order valence-corrected chi connectivity index (χ2v) is 13.0. The van der Waals surface area contributed by atoms with E-state index in [9.17, 15) is 5.11 Å². The maximum atomic E-state index is 9.60. The first-order valence-electron chi connectivity index (χ1n) is 7.62. The van der Waals surface area contributed by atoms with Gasteiger partial charge in [-0.05, 0) is 35.5 Å². The topological polar surface area (TPSA) is 29.5 Å². The van der Waals surface area contributed by atoms with E-state index in [1.54, 1.807) is 0 Å². The zero-order chi connectivity index (χ0) is 15.6. The van der Waals surface area contributed by atoms with Crippen LogP contribution in [0.15, 0.2) is 23.8 Å². The quantitative estimate of drug-likeness (QED) is 0.610. The highest BCUT2D eigenvalue weighted by atomic mass is 28.4. The number of aliphatic hydroxyl groups is 1. The van der Waals surface area contributed by atoms with E-state index in [-0.39, 0.29) is 23.0 Å². The van der Waals surface area contributed by atoms with Crippen molar-refractivity contribution in [3.8, 4) is 0 Å². The molecule has 0 bridgehead atoms. The monoisotopic (exact) mass is 296 g/mol. The van der Waals surface area contributed by atoms with Gasteiger partial charge in [0.25, 0.3) is 0 Å². The minimum absolute atomic E-state index is 0.131. The highest BCUT2D eigenvalue weighted by Crippen LogP contribution is 2.37. The number of hydrogen-bond donors (Lipinski definition) is 1. The van der Waals surface area contributed by atoms with Crippen molar-refractivity contribution >= 4 is 8.32 Å². The summed E-state index contributed by atoms with van der Waals surface area (Å²) in [6.07, 6.45) is 7.67. The molecule has 0 saturated carbocycles. The van der Waals surface area contributed by atoms with Gasteiger partial charge in [-0.1, -0.05) is 52.8 Å². The number of rotatable bonds is 4. The van der Waals surface area contributed by atoms with Gasteiger partial charge in [-0.25, -0.2) is 0 Å². The Morgan fingerprint density at radius 3 is 2.45 bits per heavy atom. The van der Waals surface area contributed by atoms with E-state index in [0.717, 1.165) is 12.0 Å². The van der Waals surface area contributed by atoms with E-state index in [2.05, 4.69) is 65.9 Å². The highest BCUT2D eigenvalue weighted by molar-refractivity contribution is 6.74. The van der Waals surface area contributed by atoms with Crippen LogP contribution >= 0.6 is 0 Å². The maximum Gasteiger partial charge on any atom is 0.192 e. The van der Waals surface area contributed by atoms with E-state index < -0.39 is 8.32 Å². The molecule has 0 heterocycles. The molecule has 0 aromatic carbocycles. The van der Waals surface area contributed by atoms with Crippen molar-refractivity contribution in [2.45, 2.75) is 59.2 Å². The Kier molecular flexibility index (Phi) is 5.44. The lowest BCUT2D eigenvalue weighted by Crippen LogP contribution is -2.42. The molecule has 1 atom stereocenters. The van der Waals surface area contributed by atoms with Gasteiger partial charge in [0.2, 0.25) is 0 Å². The van der Waals surface area contributed by atoms with Crippen LogP contribution in [0.2, 0.25) is 18.1 Å². The first-order valence-corrected chi connectivity index (χ1v) is 10.5. The minimum Gasteiger partial charge on any atom is -0.416 e. The molecule has 0 unspecified atom stereocenters. The maximum absolute atomic E-state index is 9.60. The van der Waals surface area contributed by atoms with Gasteiger partial charge < -0.3 is 9.53 Å². The number of hydrogen-bond acceptors (Lipinski definition) is 2. The minimum atomic E-state index is -1.73. The molecule has 0 radical (unpaired) electrons. The molecule has 0 amide bonds. The Labute approximate surface area is 126 Å². The van der Waals surface area contributed by atoms with Crippen LogP contribution in [-0.4, -0.2) is 26.6 Å². The first-order chi connectivity index (χ1) is 8.98. The fraction of sp³-hybridized carbons (Fsp3) is 0.765. The summed E-state index contributed by atoms with van der Waals surface area (Å²) in [4.78, 5) is 0. The molecule has 3 heteroatoms. The van der Waals surface area contributed by atoms with Gasteiger partial charge in [0.05, 0.1) is 6.61 Å². The van der Waals surface area contributed by atoms with Crippen molar-refractivity contribution in [1.82, 2.24) is 0 Å². The molecule has 116 valence electrons. The van der Waals surface area contributed by atoms with Crippen LogP contribution in [0.5, 0.6) is 0 Å². The van der Waals surface area contributed by atoms with Crippen molar-refractivity contribution in [1.29, 1.82) is 0 Å². The Bertz CT molecular complexity index is 386. The molecular weight excluding hydrogens is 264 g/mol. The predicted molar refractivity (Wildman–Crippen MR) is 89.3 cm³/mol. The molecular formula is C17H32O2Si. The van der Waals surface area contributed by atoms with Crippen LogP contribution in [-0.2, 0) is 4.43 Å². The average Bonchev–Trinajstić information content (AvgIpc) is 2.44. The van der Waals surface area contributed by atoms with Crippen molar-refractivity contribution < 1.29 is 9.53 Å². The van der Waals surface area contributed by atoms with Crippen LogP contribution in [0.4, 0.5) is 0 Å². The Morgan fingerprint density at radius 2 is 1.95 bits per heavy atom. The van der Waals surface area contributed by atoms with Crippen LogP contribution in [0.1, 0.15) is 41.0 Å². The van der Waals surface area contributed by atoms with Gasteiger partial charge in [-0.3, -0.25) is 0 Å². The van der Waals surface area contributed by atoms with Crippen LogP contribution in [0.3, 0.4) is 0 Å². The molecule has 0 aromatic rings. The summed E-state index contributed by atoms with van der Waals surface area (Å²) in [5, 5.41) is 9.83. The molecule has 1 aliphatic carbocycles. The third-order valence-electron chi connectivity index (χ3n) is 4.76. The Balaban J connectivity index is 2.80. The summed E-state index contributed by atoms with van der Waals surface area (Å²) in [6.45, 7) is 16.6. The van der Waals surface area contributed by atoms with Crippen molar-refractivity contribution in [2.24, 2.45) is 11.3 Å². The lowest BCUT2D eigenvalue weighted by Gasteiger charge is -2.37.